The number of aliphatic hydroxyl groups excluding tert-OH is 1. The first kappa shape index (κ1) is 19.4. The summed E-state index contributed by atoms with van der Waals surface area (Å²) in [4.78, 5) is 18.6. The van der Waals surface area contributed by atoms with E-state index < -0.39 is 13.4 Å². The molecule has 1 aromatic carbocycles. The second kappa shape index (κ2) is 6.09. The van der Waals surface area contributed by atoms with Crippen LogP contribution in [0.15, 0.2) is 12.1 Å². The maximum Gasteiger partial charge on any atom is 0.358 e. The van der Waals surface area contributed by atoms with Crippen LogP contribution in [0.4, 0.5) is 0 Å². The zero-order chi connectivity index (χ0) is 17.5. The van der Waals surface area contributed by atoms with E-state index in [1.54, 1.807) is 12.1 Å². The van der Waals surface area contributed by atoms with Crippen LogP contribution in [-0.4, -0.2) is 14.9 Å². The van der Waals surface area contributed by atoms with Crippen molar-refractivity contribution in [2.75, 3.05) is 0 Å². The average Bonchev–Trinajstić information content (AvgIpc) is 2.32. The van der Waals surface area contributed by atoms with E-state index >= 15 is 0 Å². The predicted molar refractivity (Wildman–Crippen MR) is 90.2 cm³/mol. The second-order valence-corrected chi connectivity index (χ2v) is 9.58. The monoisotopic (exact) mass is 328 g/mol. The SMILES string of the molecule is CCc1c(C(C)(C)C)cc(C(O)P(=O)(O)O)cc1C(C)(C)C. The fraction of sp³-hybridized carbons (Fsp3) is 0.647. The second-order valence-electron chi connectivity index (χ2n) is 7.91. The van der Waals surface area contributed by atoms with Crippen LogP contribution < -0.4 is 0 Å². The molecule has 0 aliphatic rings. The Morgan fingerprint density at radius 1 is 1.00 bits per heavy atom. The summed E-state index contributed by atoms with van der Waals surface area (Å²) in [6.45, 7) is 14.5. The first-order chi connectivity index (χ1) is 9.69. The molecule has 5 heteroatoms. The van der Waals surface area contributed by atoms with Gasteiger partial charge in [-0.2, -0.15) is 0 Å². The summed E-state index contributed by atoms with van der Waals surface area (Å²) >= 11 is 0. The van der Waals surface area contributed by atoms with Crippen molar-refractivity contribution >= 4 is 7.60 Å². The average molecular weight is 328 g/mol. The quantitative estimate of drug-likeness (QED) is 0.733. The van der Waals surface area contributed by atoms with E-state index in [2.05, 4.69) is 48.5 Å². The molecule has 0 saturated heterocycles. The largest absolute Gasteiger partial charge is 0.376 e. The molecule has 1 rings (SSSR count). The lowest BCUT2D eigenvalue weighted by molar-refractivity contribution is 0.205. The Bertz CT molecular complexity index is 553. The molecule has 1 unspecified atom stereocenters. The van der Waals surface area contributed by atoms with Gasteiger partial charge in [-0.25, -0.2) is 0 Å². The summed E-state index contributed by atoms with van der Waals surface area (Å²) in [7, 11) is -4.59. The molecule has 4 nitrogen and oxygen atoms in total. The molecule has 0 aliphatic carbocycles. The van der Waals surface area contributed by atoms with Crippen LogP contribution in [0.3, 0.4) is 0 Å². The zero-order valence-electron chi connectivity index (χ0n) is 14.6. The van der Waals surface area contributed by atoms with Crippen LogP contribution >= 0.6 is 7.60 Å². The minimum Gasteiger partial charge on any atom is -0.376 e. The van der Waals surface area contributed by atoms with E-state index in [9.17, 15) is 19.5 Å². The molecule has 0 bridgehead atoms. The Labute approximate surface area is 133 Å². The molecule has 0 spiro atoms. The first-order valence-electron chi connectivity index (χ1n) is 7.60. The van der Waals surface area contributed by atoms with Crippen molar-refractivity contribution in [1.29, 1.82) is 0 Å². The molecule has 126 valence electrons. The Morgan fingerprint density at radius 3 is 1.59 bits per heavy atom. The Kier molecular flexibility index (Phi) is 5.36. The van der Waals surface area contributed by atoms with Crippen molar-refractivity contribution < 1.29 is 19.5 Å². The van der Waals surface area contributed by atoms with Crippen LogP contribution in [0, 0.1) is 0 Å². The molecule has 0 aromatic heterocycles. The zero-order valence-corrected chi connectivity index (χ0v) is 15.5. The maximum atomic E-state index is 11.5. The van der Waals surface area contributed by atoms with Gasteiger partial charge in [-0.3, -0.25) is 4.57 Å². The maximum absolute atomic E-state index is 11.5. The van der Waals surface area contributed by atoms with Crippen molar-refractivity contribution in [3.63, 3.8) is 0 Å². The van der Waals surface area contributed by atoms with Gasteiger partial charge in [0.1, 0.15) is 0 Å². The summed E-state index contributed by atoms with van der Waals surface area (Å²) in [6, 6.07) is 3.50. The molecule has 0 fully saturated rings. The minimum atomic E-state index is -4.59. The molecule has 3 N–H and O–H groups in total. The molecule has 0 aliphatic heterocycles. The summed E-state index contributed by atoms with van der Waals surface area (Å²) in [6.07, 6.45) is 0.839. The molecule has 1 aromatic rings. The summed E-state index contributed by atoms with van der Waals surface area (Å²) in [5.74, 6) is -1.78. The van der Waals surface area contributed by atoms with Crippen LogP contribution in [0.25, 0.3) is 0 Å². The number of hydrogen-bond acceptors (Lipinski definition) is 2. The highest BCUT2D eigenvalue weighted by Gasteiger charge is 2.32. The molecule has 0 radical (unpaired) electrons. The smallest absolute Gasteiger partial charge is 0.358 e. The molecule has 1 atom stereocenters. The summed E-state index contributed by atoms with van der Waals surface area (Å²) < 4.78 is 11.5. The molecule has 0 saturated carbocycles. The lowest BCUT2D eigenvalue weighted by Crippen LogP contribution is -2.22. The van der Waals surface area contributed by atoms with Crippen molar-refractivity contribution in [3.05, 3.63) is 34.4 Å². The van der Waals surface area contributed by atoms with Crippen molar-refractivity contribution in [1.82, 2.24) is 0 Å². The van der Waals surface area contributed by atoms with Crippen molar-refractivity contribution in [3.8, 4) is 0 Å². The predicted octanol–water partition coefficient (Wildman–Crippen LogP) is 4.01. The van der Waals surface area contributed by atoms with E-state index in [-0.39, 0.29) is 10.8 Å². The molecule has 0 amide bonds. The van der Waals surface area contributed by atoms with E-state index in [1.807, 2.05) is 0 Å². The van der Waals surface area contributed by atoms with Crippen LogP contribution in [0.5, 0.6) is 0 Å². The van der Waals surface area contributed by atoms with Crippen molar-refractivity contribution in [2.24, 2.45) is 0 Å². The van der Waals surface area contributed by atoms with Crippen molar-refractivity contribution in [2.45, 2.75) is 71.6 Å². The van der Waals surface area contributed by atoms with Crippen LogP contribution in [-0.2, 0) is 21.8 Å². The lowest BCUT2D eigenvalue weighted by Gasteiger charge is -2.31. The Hall–Kier alpha value is -0.670. The van der Waals surface area contributed by atoms with Crippen LogP contribution in [0.2, 0.25) is 0 Å². The molecular weight excluding hydrogens is 299 g/mol. The van der Waals surface area contributed by atoms with Gasteiger partial charge in [0.15, 0.2) is 5.85 Å². The van der Waals surface area contributed by atoms with Gasteiger partial charge in [0.2, 0.25) is 0 Å². The highest BCUT2D eigenvalue weighted by Crippen LogP contribution is 2.51. The third-order valence-electron chi connectivity index (χ3n) is 3.86. The third-order valence-corrected chi connectivity index (χ3v) is 4.79. The fourth-order valence-corrected chi connectivity index (χ4v) is 3.29. The molecule has 0 heterocycles. The summed E-state index contributed by atoms with van der Waals surface area (Å²) in [5, 5.41) is 10.0. The Balaban J connectivity index is 3.75. The number of benzene rings is 1. The minimum absolute atomic E-state index is 0.171. The lowest BCUT2D eigenvalue weighted by atomic mass is 9.74. The number of hydrogen-bond donors (Lipinski definition) is 3. The van der Waals surface area contributed by atoms with Gasteiger partial charge in [-0.1, -0.05) is 60.6 Å². The van der Waals surface area contributed by atoms with Gasteiger partial charge in [0.25, 0.3) is 0 Å². The first-order valence-corrected chi connectivity index (χ1v) is 9.28. The van der Waals surface area contributed by atoms with Crippen LogP contribution in [0.1, 0.15) is 76.6 Å². The summed E-state index contributed by atoms with van der Waals surface area (Å²) in [5.41, 5.74) is 3.21. The fourth-order valence-electron chi connectivity index (χ4n) is 2.76. The molecule has 22 heavy (non-hydrogen) atoms. The van der Waals surface area contributed by atoms with E-state index in [4.69, 9.17) is 0 Å². The normalized spacial score (nSPS) is 15.0. The van der Waals surface area contributed by atoms with E-state index in [0.717, 1.165) is 17.5 Å². The standard InChI is InChI=1S/C17H29O4P/c1-8-12-13(16(2,3)4)9-11(15(18)22(19,20)21)10-14(12)17(5,6)7/h9-10,15,18H,8H2,1-7H3,(H2,19,20,21). The Morgan fingerprint density at radius 2 is 1.36 bits per heavy atom. The number of aliphatic hydroxyl groups is 1. The topological polar surface area (TPSA) is 77.8 Å². The number of rotatable bonds is 3. The highest BCUT2D eigenvalue weighted by molar-refractivity contribution is 7.51. The van der Waals surface area contributed by atoms with E-state index in [0.29, 0.717) is 5.56 Å². The van der Waals surface area contributed by atoms with Gasteiger partial charge in [0.05, 0.1) is 0 Å². The van der Waals surface area contributed by atoms with Gasteiger partial charge >= 0.3 is 7.60 Å². The van der Waals surface area contributed by atoms with E-state index in [1.165, 1.54) is 5.56 Å². The highest BCUT2D eigenvalue weighted by atomic mass is 31.2. The van der Waals surface area contributed by atoms with Gasteiger partial charge in [-0.15, -0.1) is 0 Å². The van der Waals surface area contributed by atoms with Gasteiger partial charge in [0, 0.05) is 0 Å². The third kappa shape index (κ3) is 4.20. The van der Waals surface area contributed by atoms with Gasteiger partial charge in [-0.05, 0) is 39.5 Å². The van der Waals surface area contributed by atoms with Gasteiger partial charge < -0.3 is 14.9 Å². The molecular formula is C17H29O4P.